The van der Waals surface area contributed by atoms with E-state index in [0.29, 0.717) is 0 Å². The molecule has 1 aromatic rings. The molecular weight excluding hydrogens is 140 g/mol. The van der Waals surface area contributed by atoms with Gasteiger partial charge in [0.2, 0.25) is 0 Å². The van der Waals surface area contributed by atoms with Gasteiger partial charge >= 0.3 is 0 Å². The van der Waals surface area contributed by atoms with Crippen LogP contribution in [0, 0.1) is 0 Å². The molecule has 0 aromatic carbocycles. The van der Waals surface area contributed by atoms with Crippen LogP contribution in [0.4, 0.5) is 0 Å². The first kappa shape index (κ1) is 7.97. The molecule has 0 saturated carbocycles. The van der Waals surface area contributed by atoms with Crippen molar-refractivity contribution >= 4 is 0 Å². The first-order valence-corrected chi connectivity index (χ1v) is 3.34. The van der Waals surface area contributed by atoms with E-state index >= 15 is 0 Å². The minimum atomic E-state index is -0.0591. The molecular formula is C7H12N4. The summed E-state index contributed by atoms with van der Waals surface area (Å²) in [5.74, 6) is 5.25. The molecule has 1 heterocycles. The molecule has 1 unspecified atom stereocenters. The third-order valence-electron chi connectivity index (χ3n) is 1.46. The third-order valence-corrected chi connectivity index (χ3v) is 1.46. The van der Waals surface area contributed by atoms with Gasteiger partial charge in [-0.2, -0.15) is 0 Å². The highest BCUT2D eigenvalue weighted by Crippen LogP contribution is 2.08. The molecule has 0 bridgehead atoms. The largest absolute Gasteiger partial charge is 0.340 e. The van der Waals surface area contributed by atoms with Crippen LogP contribution in [-0.2, 0) is 7.05 Å². The van der Waals surface area contributed by atoms with Gasteiger partial charge in [-0.05, 0) is 0 Å². The van der Waals surface area contributed by atoms with Gasteiger partial charge in [-0.25, -0.2) is 10.4 Å². The molecule has 0 fully saturated rings. The zero-order valence-electron chi connectivity index (χ0n) is 6.49. The van der Waals surface area contributed by atoms with Crippen LogP contribution >= 0.6 is 0 Å². The van der Waals surface area contributed by atoms with Gasteiger partial charge in [-0.1, -0.05) is 6.08 Å². The van der Waals surface area contributed by atoms with Crippen molar-refractivity contribution in [2.24, 2.45) is 12.9 Å². The summed E-state index contributed by atoms with van der Waals surface area (Å²) in [6.07, 6.45) is 5.33. The molecule has 4 heteroatoms. The Bertz CT molecular complexity index is 240. The van der Waals surface area contributed by atoms with Crippen LogP contribution < -0.4 is 11.3 Å². The first-order valence-electron chi connectivity index (χ1n) is 3.34. The Morgan fingerprint density at radius 3 is 3.00 bits per heavy atom. The molecule has 1 aromatic heterocycles. The van der Waals surface area contributed by atoms with Gasteiger partial charge in [0.25, 0.3) is 0 Å². The van der Waals surface area contributed by atoms with E-state index in [1.165, 1.54) is 0 Å². The van der Waals surface area contributed by atoms with E-state index in [1.54, 1.807) is 12.4 Å². The summed E-state index contributed by atoms with van der Waals surface area (Å²) >= 11 is 0. The van der Waals surface area contributed by atoms with E-state index in [-0.39, 0.29) is 6.04 Å². The van der Waals surface area contributed by atoms with E-state index in [4.69, 9.17) is 5.84 Å². The molecule has 0 spiro atoms. The van der Waals surface area contributed by atoms with Crippen molar-refractivity contribution in [3.8, 4) is 0 Å². The minimum absolute atomic E-state index is 0.0591. The number of aromatic nitrogens is 2. The fraction of sp³-hybridized carbons (Fsp3) is 0.286. The number of hydrogen-bond acceptors (Lipinski definition) is 3. The second-order valence-electron chi connectivity index (χ2n) is 2.34. The summed E-state index contributed by atoms with van der Waals surface area (Å²) in [6, 6.07) is -0.0591. The molecule has 1 atom stereocenters. The predicted octanol–water partition coefficient (Wildman–Crippen LogP) is 0.110. The minimum Gasteiger partial charge on any atom is -0.340 e. The smallest absolute Gasteiger partial charge is 0.0947 e. The number of hydrogen-bond donors (Lipinski definition) is 2. The summed E-state index contributed by atoms with van der Waals surface area (Å²) in [4.78, 5) is 4.11. The Balaban J connectivity index is 2.81. The second kappa shape index (κ2) is 3.32. The maximum atomic E-state index is 5.25. The maximum absolute atomic E-state index is 5.25. The molecule has 0 amide bonds. The normalized spacial score (nSPS) is 12.9. The summed E-state index contributed by atoms with van der Waals surface area (Å²) in [6.45, 7) is 3.63. The molecule has 60 valence electrons. The number of nitrogens with zero attached hydrogens (tertiary/aromatic N) is 2. The molecule has 0 saturated heterocycles. The summed E-state index contributed by atoms with van der Waals surface area (Å²) in [5, 5.41) is 0. The topological polar surface area (TPSA) is 55.9 Å². The van der Waals surface area contributed by atoms with Crippen LogP contribution in [0.1, 0.15) is 11.7 Å². The quantitative estimate of drug-likeness (QED) is 0.367. The van der Waals surface area contributed by atoms with Crippen LogP contribution in [0.3, 0.4) is 0 Å². The predicted molar refractivity (Wildman–Crippen MR) is 43.5 cm³/mol. The van der Waals surface area contributed by atoms with E-state index in [2.05, 4.69) is 17.0 Å². The van der Waals surface area contributed by atoms with Crippen molar-refractivity contribution in [2.75, 3.05) is 0 Å². The Labute approximate surface area is 65.7 Å². The third kappa shape index (κ3) is 1.66. The summed E-state index contributed by atoms with van der Waals surface area (Å²) in [7, 11) is 1.91. The number of rotatable bonds is 3. The zero-order valence-corrected chi connectivity index (χ0v) is 6.49. The van der Waals surface area contributed by atoms with Crippen molar-refractivity contribution < 1.29 is 0 Å². The molecule has 0 aliphatic carbocycles. The van der Waals surface area contributed by atoms with Gasteiger partial charge in [0.15, 0.2) is 0 Å². The second-order valence-corrected chi connectivity index (χ2v) is 2.34. The maximum Gasteiger partial charge on any atom is 0.0947 e. The van der Waals surface area contributed by atoms with Crippen molar-refractivity contribution in [3.05, 3.63) is 30.9 Å². The average Bonchev–Trinajstić information content (AvgIpc) is 2.39. The van der Waals surface area contributed by atoms with Crippen molar-refractivity contribution in [1.29, 1.82) is 0 Å². The van der Waals surface area contributed by atoms with E-state index in [9.17, 15) is 0 Å². The summed E-state index contributed by atoms with van der Waals surface area (Å²) in [5.41, 5.74) is 3.47. The van der Waals surface area contributed by atoms with E-state index in [0.717, 1.165) is 5.69 Å². The number of imidazole rings is 1. The standard InChI is InChI=1S/C7H12N4/c1-3-6(10-8)7-4-11(2)5-9-7/h3-6,10H,1,8H2,2H3. The van der Waals surface area contributed by atoms with Crippen LogP contribution in [-0.4, -0.2) is 9.55 Å². The van der Waals surface area contributed by atoms with Crippen LogP contribution in [0.2, 0.25) is 0 Å². The highest BCUT2D eigenvalue weighted by Gasteiger charge is 2.06. The zero-order chi connectivity index (χ0) is 8.27. The average molecular weight is 152 g/mol. The van der Waals surface area contributed by atoms with Crippen LogP contribution in [0.25, 0.3) is 0 Å². The van der Waals surface area contributed by atoms with Gasteiger partial charge < -0.3 is 4.57 Å². The first-order chi connectivity index (χ1) is 5.27. The van der Waals surface area contributed by atoms with Crippen LogP contribution in [0.15, 0.2) is 25.2 Å². The van der Waals surface area contributed by atoms with Crippen molar-refractivity contribution in [2.45, 2.75) is 6.04 Å². The lowest BCUT2D eigenvalue weighted by Crippen LogP contribution is -2.26. The van der Waals surface area contributed by atoms with Crippen LogP contribution in [0.5, 0.6) is 0 Å². The van der Waals surface area contributed by atoms with Gasteiger partial charge in [0.05, 0.1) is 18.1 Å². The number of aryl methyl sites for hydroxylation is 1. The Hall–Kier alpha value is -1.13. The SMILES string of the molecule is C=CC(NN)c1cn(C)cn1. The highest BCUT2D eigenvalue weighted by atomic mass is 15.2. The molecule has 0 aliphatic rings. The summed E-state index contributed by atoms with van der Waals surface area (Å²) < 4.78 is 1.86. The van der Waals surface area contributed by atoms with Gasteiger partial charge in [-0.15, -0.1) is 6.58 Å². The van der Waals surface area contributed by atoms with Gasteiger partial charge in [0.1, 0.15) is 0 Å². The number of nitrogens with one attached hydrogen (secondary N) is 1. The van der Waals surface area contributed by atoms with E-state index < -0.39 is 0 Å². The molecule has 1 rings (SSSR count). The molecule has 0 radical (unpaired) electrons. The molecule has 11 heavy (non-hydrogen) atoms. The van der Waals surface area contributed by atoms with Gasteiger partial charge in [-0.3, -0.25) is 5.84 Å². The Kier molecular flexibility index (Phi) is 2.40. The lowest BCUT2D eigenvalue weighted by molar-refractivity contribution is 0.642. The van der Waals surface area contributed by atoms with Crippen molar-refractivity contribution in [1.82, 2.24) is 15.0 Å². The monoisotopic (exact) mass is 152 g/mol. The number of hydrazine groups is 1. The Morgan fingerprint density at radius 2 is 2.64 bits per heavy atom. The molecule has 3 N–H and O–H groups in total. The molecule has 0 aliphatic heterocycles. The Morgan fingerprint density at radius 1 is 1.91 bits per heavy atom. The molecule has 4 nitrogen and oxygen atoms in total. The van der Waals surface area contributed by atoms with E-state index in [1.807, 2.05) is 17.8 Å². The van der Waals surface area contributed by atoms with Crippen molar-refractivity contribution in [3.63, 3.8) is 0 Å². The fourth-order valence-corrected chi connectivity index (χ4v) is 0.868. The highest BCUT2D eigenvalue weighted by molar-refractivity contribution is 5.09. The van der Waals surface area contributed by atoms with Gasteiger partial charge in [0, 0.05) is 13.2 Å². The number of nitrogens with two attached hydrogens (primary N) is 1. The lowest BCUT2D eigenvalue weighted by Gasteiger charge is -2.05. The lowest BCUT2D eigenvalue weighted by atomic mass is 10.2. The fourth-order valence-electron chi connectivity index (χ4n) is 0.868.